The van der Waals surface area contributed by atoms with Crippen molar-refractivity contribution in [2.45, 2.75) is 81.9 Å². The van der Waals surface area contributed by atoms with Gasteiger partial charge in [0.05, 0.1) is 18.6 Å². The lowest BCUT2D eigenvalue weighted by atomic mass is 9.64. The lowest BCUT2D eigenvalue weighted by Crippen LogP contribution is -2.46. The number of ketones is 1. The summed E-state index contributed by atoms with van der Waals surface area (Å²) >= 11 is 0. The molecule has 4 heterocycles. The van der Waals surface area contributed by atoms with Crippen LogP contribution in [0.2, 0.25) is 0 Å². The van der Waals surface area contributed by atoms with Gasteiger partial charge in [-0.3, -0.25) is 9.69 Å². The number of carboxylic acids is 1. The first-order valence-electron chi connectivity index (χ1n) is 14.2. The molecule has 11 heteroatoms. The third-order valence-electron chi connectivity index (χ3n) is 9.18. The average molecular weight is 540 g/mol. The molecule has 210 valence electrons. The van der Waals surface area contributed by atoms with Gasteiger partial charge in [0, 0.05) is 43.2 Å². The van der Waals surface area contributed by atoms with Crippen LogP contribution in [-0.4, -0.2) is 88.4 Å². The third kappa shape index (κ3) is 4.85. The molecule has 0 amide bonds. The summed E-state index contributed by atoms with van der Waals surface area (Å²) in [6.45, 7) is 5.25. The molecule has 2 N–H and O–H groups in total. The molecule has 5 atom stereocenters. The van der Waals surface area contributed by atoms with Crippen molar-refractivity contribution in [1.29, 1.82) is 0 Å². The maximum Gasteiger partial charge on any atom is 0.354 e. The number of aromatic carboxylic acids is 1. The van der Waals surface area contributed by atoms with Crippen LogP contribution in [-0.2, 0) is 21.4 Å². The van der Waals surface area contributed by atoms with Gasteiger partial charge in [0.2, 0.25) is 5.88 Å². The van der Waals surface area contributed by atoms with Crippen molar-refractivity contribution in [1.82, 2.24) is 25.3 Å². The molecular formula is C28H37N5O6. The van der Waals surface area contributed by atoms with Gasteiger partial charge in [-0.05, 0) is 58.4 Å². The largest absolute Gasteiger partial charge is 0.477 e. The van der Waals surface area contributed by atoms with Crippen LogP contribution in [0.15, 0.2) is 10.6 Å². The number of fused-ring (bicyclic) bond motifs is 2. The molecule has 4 aliphatic rings. The monoisotopic (exact) mass is 539 g/mol. The molecule has 3 fully saturated rings. The van der Waals surface area contributed by atoms with Crippen LogP contribution in [0.25, 0.3) is 11.5 Å². The molecule has 2 unspecified atom stereocenters. The second-order valence-electron chi connectivity index (χ2n) is 11.6. The molecule has 6 rings (SSSR count). The molecule has 2 saturated heterocycles. The number of nitrogens with zero attached hydrogens (tertiary/aromatic N) is 4. The van der Waals surface area contributed by atoms with Crippen molar-refractivity contribution < 1.29 is 28.7 Å². The van der Waals surface area contributed by atoms with Gasteiger partial charge in [-0.15, -0.1) is 0 Å². The predicted octanol–water partition coefficient (Wildman–Crippen LogP) is 2.62. The van der Waals surface area contributed by atoms with Gasteiger partial charge in [-0.2, -0.15) is 4.98 Å². The minimum absolute atomic E-state index is 0.141. The fourth-order valence-corrected chi connectivity index (χ4v) is 7.14. The lowest BCUT2D eigenvalue weighted by Gasteiger charge is -2.36. The Bertz CT molecular complexity index is 1240. The van der Waals surface area contributed by atoms with Gasteiger partial charge in [0.1, 0.15) is 11.9 Å². The minimum Gasteiger partial charge on any atom is -0.477 e. The van der Waals surface area contributed by atoms with Gasteiger partial charge >= 0.3 is 5.97 Å². The van der Waals surface area contributed by atoms with Crippen LogP contribution in [0.1, 0.15) is 73.7 Å². The number of rotatable bonds is 6. The highest BCUT2D eigenvalue weighted by atomic mass is 16.5. The van der Waals surface area contributed by atoms with Crippen molar-refractivity contribution in [3.8, 4) is 17.4 Å². The van der Waals surface area contributed by atoms with E-state index in [0.29, 0.717) is 42.9 Å². The van der Waals surface area contributed by atoms with E-state index in [-0.39, 0.29) is 35.3 Å². The summed E-state index contributed by atoms with van der Waals surface area (Å²) in [6, 6.07) is 1.83. The highest BCUT2D eigenvalue weighted by Crippen LogP contribution is 2.47. The van der Waals surface area contributed by atoms with Gasteiger partial charge in [0.25, 0.3) is 0 Å². The van der Waals surface area contributed by atoms with Crippen LogP contribution in [0.4, 0.5) is 0 Å². The van der Waals surface area contributed by atoms with E-state index in [1.165, 1.54) is 6.07 Å². The molecular weight excluding hydrogens is 502 g/mol. The number of carbonyl (C=O) groups is 2. The van der Waals surface area contributed by atoms with Crippen molar-refractivity contribution >= 4 is 11.8 Å². The standard InChI is InChI=1S/C28H37N5O6/c1-16(21-12-17(14-33(21)2)20-15-37-11-10-29-20)38-23-13-19(27(35)36)30-26(31-23)24-18-6-5-9-28(25(18)39-32-24)8-4-3-7-22(28)34/h13,16-17,20-21,29H,3-12,14-15H2,1-2H3,(H,35,36)/t16-,17?,20?,21-,28+/m0/s1. The quantitative estimate of drug-likeness (QED) is 0.560. The molecule has 2 aromatic heterocycles. The molecule has 0 radical (unpaired) electrons. The number of hydrogen-bond donors (Lipinski definition) is 2. The number of aromatic nitrogens is 3. The first kappa shape index (κ1) is 26.3. The summed E-state index contributed by atoms with van der Waals surface area (Å²) < 4.78 is 17.8. The Labute approximate surface area is 227 Å². The smallest absolute Gasteiger partial charge is 0.354 e. The van der Waals surface area contributed by atoms with E-state index < -0.39 is 11.4 Å². The van der Waals surface area contributed by atoms with Crippen LogP contribution in [0.5, 0.6) is 5.88 Å². The fourth-order valence-electron chi connectivity index (χ4n) is 7.14. The zero-order chi connectivity index (χ0) is 27.1. The second kappa shape index (κ2) is 10.6. The molecule has 2 aromatic rings. The van der Waals surface area contributed by atoms with Crippen molar-refractivity contribution in [2.24, 2.45) is 5.92 Å². The molecule has 39 heavy (non-hydrogen) atoms. The first-order chi connectivity index (χ1) is 18.9. The third-order valence-corrected chi connectivity index (χ3v) is 9.18. The number of likely N-dealkylation sites (N-methyl/N-ethyl adjacent to an activating group) is 1. The van der Waals surface area contributed by atoms with E-state index >= 15 is 0 Å². The molecule has 1 spiro atoms. The number of likely N-dealkylation sites (tertiary alicyclic amines) is 1. The topological polar surface area (TPSA) is 140 Å². The molecule has 2 aliphatic heterocycles. The van der Waals surface area contributed by atoms with E-state index in [0.717, 1.165) is 63.8 Å². The van der Waals surface area contributed by atoms with Gasteiger partial charge in [0.15, 0.2) is 23.0 Å². The Kier molecular flexibility index (Phi) is 7.15. The highest BCUT2D eigenvalue weighted by Gasteiger charge is 2.48. The van der Waals surface area contributed by atoms with Gasteiger partial charge in [-0.25, -0.2) is 9.78 Å². The minimum atomic E-state index is -1.17. The Morgan fingerprint density at radius 2 is 2.10 bits per heavy atom. The van der Waals surface area contributed by atoms with Crippen molar-refractivity contribution in [3.63, 3.8) is 0 Å². The summed E-state index contributed by atoms with van der Waals surface area (Å²) in [4.78, 5) is 36.2. The Morgan fingerprint density at radius 1 is 1.26 bits per heavy atom. The zero-order valence-electron chi connectivity index (χ0n) is 22.6. The second-order valence-corrected chi connectivity index (χ2v) is 11.6. The molecule has 0 aromatic carbocycles. The van der Waals surface area contributed by atoms with Crippen LogP contribution in [0, 0.1) is 5.92 Å². The summed E-state index contributed by atoms with van der Waals surface area (Å²) in [5.41, 5.74) is 0.430. The Morgan fingerprint density at radius 3 is 2.87 bits per heavy atom. The molecule has 0 bridgehead atoms. The Hall–Kier alpha value is -2.89. The number of morpholine rings is 1. The zero-order valence-corrected chi connectivity index (χ0v) is 22.6. The first-order valence-corrected chi connectivity index (χ1v) is 14.2. The maximum absolute atomic E-state index is 13.0. The Balaban J connectivity index is 1.26. The molecule has 1 saturated carbocycles. The average Bonchev–Trinajstić information content (AvgIpc) is 3.55. The number of hydrogen-bond acceptors (Lipinski definition) is 10. The summed E-state index contributed by atoms with van der Waals surface area (Å²) in [7, 11) is 2.09. The van der Waals surface area contributed by atoms with Gasteiger partial charge < -0.3 is 24.4 Å². The number of Topliss-reactive ketones (excluding diaryl/α,β-unsaturated/α-hetero) is 1. The van der Waals surface area contributed by atoms with Crippen molar-refractivity contribution in [3.05, 3.63) is 23.1 Å². The van der Waals surface area contributed by atoms with Crippen molar-refractivity contribution in [2.75, 3.05) is 33.4 Å². The van der Waals surface area contributed by atoms with Crippen LogP contribution < -0.4 is 10.1 Å². The van der Waals surface area contributed by atoms with Crippen LogP contribution in [0.3, 0.4) is 0 Å². The summed E-state index contributed by atoms with van der Waals surface area (Å²) in [5, 5.41) is 17.7. The van der Waals surface area contributed by atoms with E-state index in [2.05, 4.69) is 32.4 Å². The highest BCUT2D eigenvalue weighted by molar-refractivity contribution is 5.91. The number of carboxylic acid groups (broad SMARTS) is 1. The predicted molar refractivity (Wildman–Crippen MR) is 140 cm³/mol. The number of carbonyl (C=O) groups excluding carboxylic acids is 1. The number of ether oxygens (including phenoxy) is 2. The van der Waals surface area contributed by atoms with Gasteiger partial charge in [-0.1, -0.05) is 11.6 Å². The SMILES string of the molecule is C[C@H](Oc1cc(C(=O)O)nc(-c2noc3c2CCC[C@@]32CCCCC2=O)n1)[C@@H]1CC(C2COCCN2)CN1C. The van der Waals surface area contributed by atoms with Crippen LogP contribution >= 0.6 is 0 Å². The lowest BCUT2D eigenvalue weighted by molar-refractivity contribution is -0.128. The summed E-state index contributed by atoms with van der Waals surface area (Å²) in [5.74, 6) is 0.449. The molecule has 11 nitrogen and oxygen atoms in total. The maximum atomic E-state index is 13.0. The summed E-state index contributed by atoms with van der Waals surface area (Å²) in [6.07, 6.45) is 6.17. The fraction of sp³-hybridized carbons (Fsp3) is 0.679. The van der Waals surface area contributed by atoms with E-state index in [1.54, 1.807) is 0 Å². The normalized spacial score (nSPS) is 30.3. The van der Waals surface area contributed by atoms with E-state index in [1.807, 2.05) is 6.92 Å². The van der Waals surface area contributed by atoms with E-state index in [9.17, 15) is 14.7 Å². The number of nitrogens with one attached hydrogen (secondary N) is 1. The van der Waals surface area contributed by atoms with E-state index in [4.69, 9.17) is 14.0 Å². The molecule has 2 aliphatic carbocycles.